The highest BCUT2D eigenvalue weighted by atomic mass is 16.2. The topological polar surface area (TPSA) is 46.3 Å². The summed E-state index contributed by atoms with van der Waals surface area (Å²) in [6.07, 6.45) is 6.18. The van der Waals surface area contributed by atoms with Crippen LogP contribution >= 0.6 is 0 Å². The van der Waals surface area contributed by atoms with E-state index < -0.39 is 0 Å². The van der Waals surface area contributed by atoms with E-state index >= 15 is 0 Å². The summed E-state index contributed by atoms with van der Waals surface area (Å²) in [7, 11) is 0. The first kappa shape index (κ1) is 14.2. The second-order valence-corrected chi connectivity index (χ2v) is 5.98. The number of carbonyl (C=O) groups is 1. The molecule has 1 aliphatic heterocycles. The lowest BCUT2D eigenvalue weighted by Gasteiger charge is -2.37. The van der Waals surface area contributed by atoms with Crippen LogP contribution in [-0.4, -0.2) is 29.9 Å². The van der Waals surface area contributed by atoms with E-state index in [2.05, 4.69) is 16.7 Å². The minimum atomic E-state index is 0.185. The van der Waals surface area contributed by atoms with Gasteiger partial charge in [0.25, 0.3) is 5.91 Å². The molecule has 0 spiro atoms. The van der Waals surface area contributed by atoms with Crippen LogP contribution in [0.2, 0.25) is 0 Å². The molecule has 1 aromatic rings. The normalized spacial score (nSPS) is 24.1. The first-order valence-corrected chi connectivity index (χ1v) is 7.89. The Balaban J connectivity index is 1.75. The lowest BCUT2D eigenvalue weighted by molar-refractivity contribution is 0.0548. The number of nitrogens with two attached hydrogens (primary N) is 1. The SMILES string of the molecule is NCC#Cc1ccc(C(=O)N2CCCC3CCCC32)cc1. The van der Waals surface area contributed by atoms with E-state index in [0.717, 1.165) is 30.0 Å². The Bertz CT molecular complexity index is 567. The number of fused-ring (bicyclic) bond motifs is 1. The van der Waals surface area contributed by atoms with Crippen molar-refractivity contribution in [3.8, 4) is 11.8 Å². The van der Waals surface area contributed by atoms with Crippen LogP contribution in [-0.2, 0) is 0 Å². The number of likely N-dealkylation sites (tertiary alicyclic amines) is 1. The number of hydrogen-bond acceptors (Lipinski definition) is 2. The van der Waals surface area contributed by atoms with Crippen molar-refractivity contribution in [2.45, 2.75) is 38.1 Å². The van der Waals surface area contributed by atoms with Gasteiger partial charge in [-0.05, 0) is 55.9 Å². The van der Waals surface area contributed by atoms with Crippen LogP contribution in [0.4, 0.5) is 0 Å². The Labute approximate surface area is 126 Å². The number of rotatable bonds is 1. The molecule has 2 unspecified atom stereocenters. The zero-order valence-corrected chi connectivity index (χ0v) is 12.3. The average Bonchev–Trinajstić information content (AvgIpc) is 3.01. The molecular weight excluding hydrogens is 260 g/mol. The van der Waals surface area contributed by atoms with E-state index in [9.17, 15) is 4.79 Å². The monoisotopic (exact) mass is 282 g/mol. The van der Waals surface area contributed by atoms with Gasteiger partial charge in [0.2, 0.25) is 0 Å². The fraction of sp³-hybridized carbons (Fsp3) is 0.500. The molecule has 110 valence electrons. The Kier molecular flexibility index (Phi) is 4.26. The summed E-state index contributed by atoms with van der Waals surface area (Å²) in [4.78, 5) is 14.9. The van der Waals surface area contributed by atoms with Crippen molar-refractivity contribution in [1.29, 1.82) is 0 Å². The number of piperidine rings is 1. The number of amides is 1. The molecule has 0 aromatic heterocycles. The predicted octanol–water partition coefficient (Wildman–Crippen LogP) is 2.40. The average molecular weight is 282 g/mol. The first-order valence-electron chi connectivity index (χ1n) is 7.89. The summed E-state index contributed by atoms with van der Waals surface area (Å²) in [5.41, 5.74) is 7.06. The molecule has 2 atom stereocenters. The molecule has 3 nitrogen and oxygen atoms in total. The van der Waals surface area contributed by atoms with Gasteiger partial charge in [-0.25, -0.2) is 0 Å². The Morgan fingerprint density at radius 3 is 2.71 bits per heavy atom. The highest BCUT2D eigenvalue weighted by Gasteiger charge is 2.37. The molecule has 2 aliphatic rings. The van der Waals surface area contributed by atoms with E-state index in [1.807, 2.05) is 24.3 Å². The van der Waals surface area contributed by atoms with Gasteiger partial charge in [0.1, 0.15) is 0 Å². The van der Waals surface area contributed by atoms with Crippen LogP contribution in [0.3, 0.4) is 0 Å². The van der Waals surface area contributed by atoms with E-state index in [1.54, 1.807) is 0 Å². The maximum Gasteiger partial charge on any atom is 0.254 e. The number of carbonyl (C=O) groups excluding carboxylic acids is 1. The van der Waals surface area contributed by atoms with Gasteiger partial charge >= 0.3 is 0 Å². The minimum absolute atomic E-state index is 0.185. The Hall–Kier alpha value is -1.79. The Morgan fingerprint density at radius 2 is 1.95 bits per heavy atom. The van der Waals surface area contributed by atoms with Crippen molar-refractivity contribution < 1.29 is 4.79 Å². The molecule has 1 amide bonds. The van der Waals surface area contributed by atoms with Crippen molar-refractivity contribution in [3.05, 3.63) is 35.4 Å². The zero-order chi connectivity index (χ0) is 14.7. The van der Waals surface area contributed by atoms with Crippen LogP contribution in [0.25, 0.3) is 0 Å². The molecule has 1 saturated carbocycles. The lowest BCUT2D eigenvalue weighted by atomic mass is 9.91. The van der Waals surface area contributed by atoms with Gasteiger partial charge in [-0.3, -0.25) is 4.79 Å². The molecule has 1 saturated heterocycles. The lowest BCUT2D eigenvalue weighted by Crippen LogP contribution is -2.46. The van der Waals surface area contributed by atoms with E-state index in [0.29, 0.717) is 12.6 Å². The largest absolute Gasteiger partial charge is 0.335 e. The zero-order valence-electron chi connectivity index (χ0n) is 12.3. The number of benzene rings is 1. The third-order valence-corrected chi connectivity index (χ3v) is 4.72. The highest BCUT2D eigenvalue weighted by molar-refractivity contribution is 5.94. The number of hydrogen-bond donors (Lipinski definition) is 1. The van der Waals surface area contributed by atoms with Crippen molar-refractivity contribution in [1.82, 2.24) is 4.90 Å². The molecule has 1 aliphatic carbocycles. The summed E-state index contributed by atoms with van der Waals surface area (Å²) < 4.78 is 0. The molecule has 2 N–H and O–H groups in total. The molecule has 21 heavy (non-hydrogen) atoms. The van der Waals surface area contributed by atoms with Gasteiger partial charge in [-0.1, -0.05) is 18.3 Å². The van der Waals surface area contributed by atoms with Gasteiger partial charge in [0.05, 0.1) is 6.54 Å². The van der Waals surface area contributed by atoms with Crippen molar-refractivity contribution >= 4 is 5.91 Å². The fourth-order valence-corrected chi connectivity index (χ4v) is 3.72. The third kappa shape index (κ3) is 2.96. The van der Waals surface area contributed by atoms with Gasteiger partial charge in [0.15, 0.2) is 0 Å². The van der Waals surface area contributed by atoms with E-state index in [4.69, 9.17) is 5.73 Å². The van der Waals surface area contributed by atoms with Crippen LogP contribution in [0.15, 0.2) is 24.3 Å². The molecule has 1 heterocycles. The molecule has 0 radical (unpaired) electrons. The minimum Gasteiger partial charge on any atom is -0.335 e. The molecule has 1 aromatic carbocycles. The third-order valence-electron chi connectivity index (χ3n) is 4.72. The first-order chi connectivity index (χ1) is 10.3. The summed E-state index contributed by atoms with van der Waals surface area (Å²) in [5, 5.41) is 0. The van der Waals surface area contributed by atoms with Crippen LogP contribution < -0.4 is 5.73 Å². The molecule has 3 heteroatoms. The molecule has 0 bridgehead atoms. The summed E-state index contributed by atoms with van der Waals surface area (Å²) in [6.45, 7) is 1.27. The highest BCUT2D eigenvalue weighted by Crippen LogP contribution is 2.37. The molecular formula is C18H22N2O. The summed E-state index contributed by atoms with van der Waals surface area (Å²) in [6, 6.07) is 8.07. The Morgan fingerprint density at radius 1 is 1.19 bits per heavy atom. The van der Waals surface area contributed by atoms with Gasteiger partial charge in [-0.15, -0.1) is 0 Å². The fourth-order valence-electron chi connectivity index (χ4n) is 3.72. The number of nitrogens with zero attached hydrogens (tertiary/aromatic N) is 1. The van der Waals surface area contributed by atoms with Crippen LogP contribution in [0.1, 0.15) is 48.0 Å². The van der Waals surface area contributed by atoms with Crippen LogP contribution in [0, 0.1) is 17.8 Å². The van der Waals surface area contributed by atoms with Gasteiger partial charge in [0, 0.05) is 23.7 Å². The van der Waals surface area contributed by atoms with Gasteiger partial charge in [-0.2, -0.15) is 0 Å². The van der Waals surface area contributed by atoms with E-state index in [-0.39, 0.29) is 5.91 Å². The van der Waals surface area contributed by atoms with Crippen LogP contribution in [0.5, 0.6) is 0 Å². The summed E-state index contributed by atoms with van der Waals surface area (Å²) >= 11 is 0. The summed E-state index contributed by atoms with van der Waals surface area (Å²) in [5.74, 6) is 6.74. The second-order valence-electron chi connectivity index (χ2n) is 5.98. The van der Waals surface area contributed by atoms with Crippen molar-refractivity contribution in [3.63, 3.8) is 0 Å². The van der Waals surface area contributed by atoms with Crippen molar-refractivity contribution in [2.24, 2.45) is 11.7 Å². The van der Waals surface area contributed by atoms with Gasteiger partial charge < -0.3 is 10.6 Å². The predicted molar refractivity (Wildman–Crippen MR) is 83.8 cm³/mol. The van der Waals surface area contributed by atoms with E-state index in [1.165, 1.54) is 25.7 Å². The molecule has 3 rings (SSSR count). The maximum absolute atomic E-state index is 12.7. The smallest absolute Gasteiger partial charge is 0.254 e. The maximum atomic E-state index is 12.7. The van der Waals surface area contributed by atoms with Crippen molar-refractivity contribution in [2.75, 3.05) is 13.1 Å². The second kappa shape index (κ2) is 6.32. The standard InChI is InChI=1S/C18H22N2O/c19-12-2-4-14-8-10-16(11-9-14)18(21)20-13-3-6-15-5-1-7-17(15)20/h8-11,15,17H,1,3,5-7,12-13,19H2. The quantitative estimate of drug-likeness (QED) is 0.804. The molecule has 2 fully saturated rings.